The van der Waals surface area contributed by atoms with E-state index in [1.807, 2.05) is 0 Å². The van der Waals surface area contributed by atoms with E-state index in [2.05, 4.69) is 9.47 Å². The molecule has 2 unspecified atom stereocenters. The Kier molecular flexibility index (Phi) is 6.37. The van der Waals surface area contributed by atoms with E-state index in [0.29, 0.717) is 12.8 Å². The second-order valence-corrected chi connectivity index (χ2v) is 3.37. The van der Waals surface area contributed by atoms with Gasteiger partial charge in [0.1, 0.15) is 11.8 Å². The topological polar surface area (TPSA) is 69.7 Å². The molecule has 0 heterocycles. The molecule has 5 nitrogen and oxygen atoms in total. The summed E-state index contributed by atoms with van der Waals surface area (Å²) < 4.78 is 9.04. The third-order valence-corrected chi connectivity index (χ3v) is 2.47. The number of methoxy groups -OCH3 is 2. The van der Waals surface area contributed by atoms with E-state index in [9.17, 15) is 14.4 Å². The van der Waals surface area contributed by atoms with Crippen molar-refractivity contribution in [2.45, 2.75) is 26.7 Å². The van der Waals surface area contributed by atoms with Crippen molar-refractivity contribution in [2.24, 2.45) is 11.8 Å². The van der Waals surface area contributed by atoms with Crippen LogP contribution in [0.15, 0.2) is 0 Å². The number of carbonyl (C=O) groups is 3. The molecule has 0 fully saturated rings. The van der Waals surface area contributed by atoms with Crippen LogP contribution in [0.1, 0.15) is 26.7 Å². The molecule has 0 radical (unpaired) electrons. The average molecular weight is 230 g/mol. The first-order valence-electron chi connectivity index (χ1n) is 5.22. The Bertz CT molecular complexity index is 246. The molecule has 2 atom stereocenters. The Morgan fingerprint density at radius 2 is 1.19 bits per heavy atom. The summed E-state index contributed by atoms with van der Waals surface area (Å²) in [5.41, 5.74) is 0. The first-order chi connectivity index (χ1) is 7.53. The zero-order chi connectivity index (χ0) is 12.7. The summed E-state index contributed by atoms with van der Waals surface area (Å²) in [6.07, 6.45) is 0.637. The van der Waals surface area contributed by atoms with Gasteiger partial charge in [0.2, 0.25) is 0 Å². The van der Waals surface area contributed by atoms with Gasteiger partial charge in [-0.15, -0.1) is 0 Å². The van der Waals surface area contributed by atoms with Crippen LogP contribution in [0.5, 0.6) is 0 Å². The zero-order valence-electron chi connectivity index (χ0n) is 10.1. The highest BCUT2D eigenvalue weighted by molar-refractivity contribution is 6.08. The van der Waals surface area contributed by atoms with Crippen LogP contribution in [0, 0.1) is 11.8 Å². The average Bonchev–Trinajstić information content (AvgIpc) is 2.30. The quantitative estimate of drug-likeness (QED) is 0.502. The van der Waals surface area contributed by atoms with Crippen LogP contribution in [0.25, 0.3) is 0 Å². The maximum atomic E-state index is 11.9. The molecule has 0 aliphatic carbocycles. The molecular weight excluding hydrogens is 212 g/mol. The number of hydrogen-bond donors (Lipinski definition) is 0. The first-order valence-corrected chi connectivity index (χ1v) is 5.22. The molecule has 16 heavy (non-hydrogen) atoms. The molecule has 0 aromatic carbocycles. The summed E-state index contributed by atoms with van der Waals surface area (Å²) in [5.74, 6) is -3.39. The van der Waals surface area contributed by atoms with E-state index in [1.165, 1.54) is 14.2 Å². The van der Waals surface area contributed by atoms with E-state index in [-0.39, 0.29) is 0 Å². The van der Waals surface area contributed by atoms with E-state index < -0.39 is 29.6 Å². The van der Waals surface area contributed by atoms with Crippen LogP contribution >= 0.6 is 0 Å². The van der Waals surface area contributed by atoms with E-state index in [1.54, 1.807) is 13.8 Å². The van der Waals surface area contributed by atoms with Crippen molar-refractivity contribution in [3.05, 3.63) is 0 Å². The number of esters is 2. The fourth-order valence-corrected chi connectivity index (χ4v) is 1.50. The molecular formula is C11H18O5. The van der Waals surface area contributed by atoms with E-state index in [0.717, 1.165) is 0 Å². The maximum Gasteiger partial charge on any atom is 0.316 e. The molecule has 0 spiro atoms. The number of Topliss-reactive ketones (excluding diaryl/α,β-unsaturated/α-hetero) is 1. The minimum absolute atomic E-state index is 0.318. The van der Waals surface area contributed by atoms with Gasteiger partial charge >= 0.3 is 11.9 Å². The van der Waals surface area contributed by atoms with Gasteiger partial charge in [-0.05, 0) is 12.8 Å². The predicted octanol–water partition coefficient (Wildman–Crippen LogP) is 0.954. The van der Waals surface area contributed by atoms with Crippen molar-refractivity contribution in [2.75, 3.05) is 14.2 Å². The zero-order valence-corrected chi connectivity index (χ0v) is 10.1. The maximum absolute atomic E-state index is 11.9. The molecule has 0 aromatic heterocycles. The molecule has 0 saturated heterocycles. The number of carbonyl (C=O) groups excluding carboxylic acids is 3. The molecule has 0 N–H and O–H groups in total. The van der Waals surface area contributed by atoms with Gasteiger partial charge in [-0.2, -0.15) is 0 Å². The van der Waals surface area contributed by atoms with Gasteiger partial charge in [-0.3, -0.25) is 14.4 Å². The summed E-state index contributed by atoms with van der Waals surface area (Å²) in [7, 11) is 2.44. The summed E-state index contributed by atoms with van der Waals surface area (Å²) in [5, 5.41) is 0. The molecule has 0 bridgehead atoms. The summed E-state index contributed by atoms with van der Waals surface area (Å²) >= 11 is 0. The van der Waals surface area contributed by atoms with Crippen molar-refractivity contribution < 1.29 is 23.9 Å². The van der Waals surface area contributed by atoms with Crippen LogP contribution < -0.4 is 0 Å². The Balaban J connectivity index is 4.83. The molecule has 0 aromatic rings. The lowest BCUT2D eigenvalue weighted by molar-refractivity contribution is -0.155. The van der Waals surface area contributed by atoms with Crippen LogP contribution in [0.2, 0.25) is 0 Å². The van der Waals surface area contributed by atoms with Gasteiger partial charge in [-0.1, -0.05) is 13.8 Å². The second kappa shape index (κ2) is 6.98. The highest BCUT2D eigenvalue weighted by Crippen LogP contribution is 2.17. The van der Waals surface area contributed by atoms with Crippen LogP contribution in [0.3, 0.4) is 0 Å². The number of ketones is 1. The van der Waals surface area contributed by atoms with Crippen molar-refractivity contribution in [3.8, 4) is 0 Å². The molecule has 92 valence electrons. The van der Waals surface area contributed by atoms with Crippen LogP contribution in [0.4, 0.5) is 0 Å². The second-order valence-electron chi connectivity index (χ2n) is 3.37. The van der Waals surface area contributed by atoms with Crippen molar-refractivity contribution in [3.63, 3.8) is 0 Å². The lowest BCUT2D eigenvalue weighted by atomic mass is 9.89. The molecule has 0 saturated carbocycles. The standard InChI is InChI=1S/C11H18O5/c1-5-7(10(13)15-3)9(12)8(6-2)11(14)16-4/h7-8H,5-6H2,1-4H3. The minimum Gasteiger partial charge on any atom is -0.468 e. The van der Waals surface area contributed by atoms with Gasteiger partial charge in [-0.25, -0.2) is 0 Å². The van der Waals surface area contributed by atoms with Crippen LogP contribution in [-0.4, -0.2) is 31.9 Å². The highest BCUT2D eigenvalue weighted by Gasteiger charge is 2.35. The Labute approximate surface area is 95.1 Å². The fourth-order valence-electron chi connectivity index (χ4n) is 1.50. The lowest BCUT2D eigenvalue weighted by Crippen LogP contribution is -2.34. The summed E-state index contributed by atoms with van der Waals surface area (Å²) in [6.45, 7) is 3.40. The van der Waals surface area contributed by atoms with Gasteiger partial charge in [0, 0.05) is 0 Å². The van der Waals surface area contributed by atoms with Gasteiger partial charge < -0.3 is 9.47 Å². The van der Waals surface area contributed by atoms with E-state index >= 15 is 0 Å². The van der Waals surface area contributed by atoms with E-state index in [4.69, 9.17) is 0 Å². The van der Waals surface area contributed by atoms with Crippen molar-refractivity contribution in [1.82, 2.24) is 0 Å². The van der Waals surface area contributed by atoms with Gasteiger partial charge in [0.05, 0.1) is 14.2 Å². The minimum atomic E-state index is -0.881. The Hall–Kier alpha value is -1.39. The fraction of sp³-hybridized carbons (Fsp3) is 0.727. The number of hydrogen-bond acceptors (Lipinski definition) is 5. The number of rotatable bonds is 6. The summed E-state index contributed by atoms with van der Waals surface area (Å²) in [6, 6.07) is 0. The smallest absolute Gasteiger partial charge is 0.316 e. The highest BCUT2D eigenvalue weighted by atomic mass is 16.5. The van der Waals surface area contributed by atoms with Crippen molar-refractivity contribution in [1.29, 1.82) is 0 Å². The molecule has 5 heteroatoms. The molecule has 0 aliphatic rings. The number of ether oxygens (including phenoxy) is 2. The van der Waals surface area contributed by atoms with Gasteiger partial charge in [0.15, 0.2) is 5.78 Å². The third kappa shape index (κ3) is 3.32. The molecule has 0 rings (SSSR count). The third-order valence-electron chi connectivity index (χ3n) is 2.47. The monoisotopic (exact) mass is 230 g/mol. The normalized spacial score (nSPS) is 13.8. The van der Waals surface area contributed by atoms with Gasteiger partial charge in [0.25, 0.3) is 0 Å². The Morgan fingerprint density at radius 1 is 0.875 bits per heavy atom. The van der Waals surface area contributed by atoms with Crippen LogP contribution in [-0.2, 0) is 23.9 Å². The predicted molar refractivity (Wildman–Crippen MR) is 56.6 cm³/mol. The molecule has 0 amide bonds. The largest absolute Gasteiger partial charge is 0.468 e. The SMILES string of the molecule is CCC(C(=O)OC)C(=O)C(CC)C(=O)OC. The first kappa shape index (κ1) is 14.6. The Morgan fingerprint density at radius 3 is 1.38 bits per heavy atom. The lowest BCUT2D eigenvalue weighted by Gasteiger charge is -2.16. The molecule has 0 aliphatic heterocycles. The van der Waals surface area contributed by atoms with Crippen molar-refractivity contribution >= 4 is 17.7 Å². The summed E-state index contributed by atoms with van der Waals surface area (Å²) in [4.78, 5) is 34.5.